The van der Waals surface area contributed by atoms with Crippen LogP contribution in [0.25, 0.3) is 16.4 Å². The minimum atomic E-state index is -0.513. The molecule has 0 unspecified atom stereocenters. The number of furan rings is 1. The fourth-order valence-electron chi connectivity index (χ4n) is 1.83. The lowest BCUT2D eigenvalue weighted by molar-refractivity contribution is 0.0521. The number of nitrogen functional groups attached to an aromatic ring is 1. The zero-order chi connectivity index (χ0) is 13.4. The number of nitrogens with zero attached hydrogens (tertiary/aromatic N) is 2. The lowest BCUT2D eigenvalue weighted by Gasteiger charge is -2.00. The highest BCUT2D eigenvalue weighted by molar-refractivity contribution is 7.15. The van der Waals surface area contributed by atoms with Gasteiger partial charge in [-0.25, -0.2) is 9.78 Å². The van der Waals surface area contributed by atoms with Gasteiger partial charge in [0.2, 0.25) is 0 Å². The number of rotatable bonds is 3. The van der Waals surface area contributed by atoms with E-state index in [1.165, 1.54) is 11.3 Å². The van der Waals surface area contributed by atoms with Crippen LogP contribution in [0.2, 0.25) is 0 Å². The molecule has 3 aromatic heterocycles. The lowest BCUT2D eigenvalue weighted by atomic mass is 10.3. The summed E-state index contributed by atoms with van der Waals surface area (Å²) in [5.41, 5.74) is 6.90. The van der Waals surface area contributed by atoms with Gasteiger partial charge in [-0.15, -0.1) is 11.3 Å². The number of ether oxygens (including phenoxy) is 1. The molecule has 0 aromatic carbocycles. The van der Waals surface area contributed by atoms with Crippen molar-refractivity contribution in [3.8, 4) is 11.5 Å². The van der Waals surface area contributed by atoms with Crippen LogP contribution in [0.1, 0.15) is 17.4 Å². The second-order valence-corrected chi connectivity index (χ2v) is 4.62. The molecule has 3 rings (SSSR count). The second-order valence-electron chi connectivity index (χ2n) is 3.78. The molecule has 0 bridgehead atoms. The molecule has 6 nitrogen and oxygen atoms in total. The van der Waals surface area contributed by atoms with Gasteiger partial charge >= 0.3 is 5.97 Å². The van der Waals surface area contributed by atoms with E-state index in [-0.39, 0.29) is 18.1 Å². The van der Waals surface area contributed by atoms with Crippen molar-refractivity contribution in [3.05, 3.63) is 29.5 Å². The van der Waals surface area contributed by atoms with Gasteiger partial charge in [0, 0.05) is 5.38 Å². The van der Waals surface area contributed by atoms with E-state index in [0.29, 0.717) is 10.7 Å². The monoisotopic (exact) mass is 277 g/mol. The first kappa shape index (κ1) is 11.8. The molecule has 3 aromatic rings. The largest absolute Gasteiger partial charge is 0.463 e. The highest BCUT2D eigenvalue weighted by Gasteiger charge is 2.22. The average molecular weight is 277 g/mol. The van der Waals surface area contributed by atoms with Crippen LogP contribution in [-0.4, -0.2) is 22.0 Å². The molecular weight excluding hydrogens is 266 g/mol. The Morgan fingerprint density at radius 1 is 1.63 bits per heavy atom. The molecule has 0 spiro atoms. The summed E-state index contributed by atoms with van der Waals surface area (Å²) in [5.74, 6) is 0.424. The van der Waals surface area contributed by atoms with Crippen LogP contribution in [0.5, 0.6) is 0 Å². The summed E-state index contributed by atoms with van der Waals surface area (Å²) in [6.45, 7) is 2.02. The van der Waals surface area contributed by atoms with Gasteiger partial charge in [-0.2, -0.15) is 0 Å². The Labute approximate surface area is 112 Å². The molecule has 7 heteroatoms. The van der Waals surface area contributed by atoms with Crippen molar-refractivity contribution in [1.82, 2.24) is 9.38 Å². The van der Waals surface area contributed by atoms with Crippen molar-refractivity contribution in [2.24, 2.45) is 0 Å². The van der Waals surface area contributed by atoms with Gasteiger partial charge in [0.15, 0.2) is 16.4 Å². The Bertz CT molecular complexity index is 727. The van der Waals surface area contributed by atoms with E-state index in [1.54, 1.807) is 23.7 Å². The number of aromatic nitrogens is 2. The van der Waals surface area contributed by atoms with Crippen LogP contribution in [0, 0.1) is 0 Å². The van der Waals surface area contributed by atoms with Crippen molar-refractivity contribution in [3.63, 3.8) is 0 Å². The number of hydrogen-bond acceptors (Lipinski definition) is 6. The summed E-state index contributed by atoms with van der Waals surface area (Å²) >= 11 is 1.39. The van der Waals surface area contributed by atoms with Gasteiger partial charge < -0.3 is 14.9 Å². The van der Waals surface area contributed by atoms with Gasteiger partial charge in [0.25, 0.3) is 0 Å². The fraction of sp³-hybridized carbons (Fsp3) is 0.167. The number of thiazole rings is 1. The first-order valence-electron chi connectivity index (χ1n) is 5.68. The van der Waals surface area contributed by atoms with E-state index in [0.717, 1.165) is 5.69 Å². The van der Waals surface area contributed by atoms with Crippen molar-refractivity contribution < 1.29 is 13.9 Å². The van der Waals surface area contributed by atoms with Crippen LogP contribution < -0.4 is 5.73 Å². The number of hydrogen-bond donors (Lipinski definition) is 1. The average Bonchev–Trinajstić information content (AvgIpc) is 3.07. The van der Waals surface area contributed by atoms with Crippen molar-refractivity contribution in [2.45, 2.75) is 6.92 Å². The number of carbonyl (C=O) groups is 1. The molecule has 0 saturated carbocycles. The van der Waals surface area contributed by atoms with Crippen LogP contribution >= 0.6 is 11.3 Å². The molecule has 0 aliphatic heterocycles. The third kappa shape index (κ3) is 1.78. The van der Waals surface area contributed by atoms with Crippen LogP contribution in [-0.2, 0) is 4.74 Å². The molecule has 0 fully saturated rings. The maximum atomic E-state index is 11.7. The zero-order valence-corrected chi connectivity index (χ0v) is 10.9. The van der Waals surface area contributed by atoms with E-state index >= 15 is 0 Å². The molecule has 0 radical (unpaired) electrons. The Hall–Kier alpha value is -2.28. The number of nitrogens with two attached hydrogens (primary N) is 1. The number of anilines is 1. The predicted octanol–water partition coefficient (Wildman–Crippen LogP) is 2.41. The van der Waals surface area contributed by atoms with Gasteiger partial charge in [0.1, 0.15) is 11.5 Å². The Morgan fingerprint density at radius 2 is 2.47 bits per heavy atom. The van der Waals surface area contributed by atoms with Gasteiger partial charge in [-0.05, 0) is 19.1 Å². The predicted molar refractivity (Wildman–Crippen MR) is 71.1 cm³/mol. The smallest absolute Gasteiger partial charge is 0.360 e. The van der Waals surface area contributed by atoms with Crippen LogP contribution in [0.15, 0.2) is 28.2 Å². The molecule has 3 heterocycles. The molecule has 0 saturated heterocycles. The van der Waals surface area contributed by atoms with E-state index in [9.17, 15) is 4.79 Å². The zero-order valence-electron chi connectivity index (χ0n) is 10.1. The van der Waals surface area contributed by atoms with Gasteiger partial charge in [-0.1, -0.05) is 0 Å². The quantitative estimate of drug-likeness (QED) is 0.743. The van der Waals surface area contributed by atoms with Crippen LogP contribution in [0.3, 0.4) is 0 Å². The summed E-state index contributed by atoms with van der Waals surface area (Å²) in [4.78, 5) is 16.6. The maximum Gasteiger partial charge on any atom is 0.360 e. The first-order chi connectivity index (χ1) is 9.22. The van der Waals surface area contributed by atoms with E-state index in [2.05, 4.69) is 4.98 Å². The normalized spacial score (nSPS) is 11.0. The van der Waals surface area contributed by atoms with E-state index in [4.69, 9.17) is 14.9 Å². The number of imidazole rings is 1. The van der Waals surface area contributed by atoms with Crippen LogP contribution in [0.4, 0.5) is 5.82 Å². The summed E-state index contributed by atoms with van der Waals surface area (Å²) in [6.07, 6.45) is 1.58. The van der Waals surface area contributed by atoms with Crippen molar-refractivity contribution >= 4 is 28.1 Å². The van der Waals surface area contributed by atoms with Gasteiger partial charge in [-0.3, -0.25) is 4.40 Å². The highest BCUT2D eigenvalue weighted by atomic mass is 32.1. The van der Waals surface area contributed by atoms with E-state index < -0.39 is 5.97 Å². The first-order valence-corrected chi connectivity index (χ1v) is 6.56. The third-order valence-corrected chi connectivity index (χ3v) is 3.47. The highest BCUT2D eigenvalue weighted by Crippen LogP contribution is 2.30. The molecule has 0 aliphatic rings. The molecule has 0 amide bonds. The summed E-state index contributed by atoms with van der Waals surface area (Å²) < 4.78 is 12.0. The Kier molecular flexibility index (Phi) is 2.75. The minimum absolute atomic E-state index is 0.140. The molecule has 98 valence electrons. The fourth-order valence-corrected chi connectivity index (χ4v) is 2.71. The molecule has 0 atom stereocenters. The Morgan fingerprint density at radius 3 is 3.16 bits per heavy atom. The number of fused-ring (bicyclic) bond motifs is 1. The third-order valence-electron chi connectivity index (χ3n) is 2.64. The summed E-state index contributed by atoms with van der Waals surface area (Å²) in [5, 5.41) is 1.88. The standard InChI is InChI=1S/C12H11N3O3S/c1-2-17-11(16)9-10(13)15-7(6-19-12(15)14-9)8-4-3-5-18-8/h3-6H,2,13H2,1H3. The molecule has 0 aliphatic carbocycles. The van der Waals surface area contributed by atoms with E-state index in [1.807, 2.05) is 11.4 Å². The summed E-state index contributed by atoms with van der Waals surface area (Å²) in [7, 11) is 0. The minimum Gasteiger partial charge on any atom is -0.463 e. The summed E-state index contributed by atoms with van der Waals surface area (Å²) in [6, 6.07) is 3.61. The number of esters is 1. The Balaban J connectivity index is 2.15. The van der Waals surface area contributed by atoms with Crippen molar-refractivity contribution in [1.29, 1.82) is 0 Å². The molecule has 2 N–H and O–H groups in total. The topological polar surface area (TPSA) is 82.8 Å². The molecular formula is C12H11N3O3S. The second kappa shape index (κ2) is 4.43. The number of carbonyl (C=O) groups excluding carboxylic acids is 1. The lowest BCUT2D eigenvalue weighted by Crippen LogP contribution is -2.08. The molecule has 19 heavy (non-hydrogen) atoms. The van der Waals surface area contributed by atoms with Crippen molar-refractivity contribution in [2.75, 3.05) is 12.3 Å². The van der Waals surface area contributed by atoms with Gasteiger partial charge in [0.05, 0.1) is 12.9 Å². The maximum absolute atomic E-state index is 11.7. The SMILES string of the molecule is CCOC(=O)c1nc2scc(-c3ccco3)n2c1N.